The third kappa shape index (κ3) is 5.80. The summed E-state index contributed by atoms with van der Waals surface area (Å²) in [5, 5.41) is 35.6. The van der Waals surface area contributed by atoms with Crippen molar-refractivity contribution in [1.29, 1.82) is 0 Å². The second-order valence-electron chi connectivity index (χ2n) is 13.2. The average Bonchev–Trinajstić information content (AvgIpc) is 3.16. The van der Waals surface area contributed by atoms with Crippen molar-refractivity contribution in [3.8, 4) is 0 Å². The molecule has 0 aromatic heterocycles. The van der Waals surface area contributed by atoms with Gasteiger partial charge in [0, 0.05) is 30.2 Å². The van der Waals surface area contributed by atoms with E-state index in [0.717, 1.165) is 5.57 Å². The number of allylic oxidation sites excluding steroid dienone is 4. The molecule has 13 heteroatoms. The van der Waals surface area contributed by atoms with Crippen LogP contribution in [0, 0.1) is 38.7 Å². The van der Waals surface area contributed by atoms with Gasteiger partial charge in [-0.05, 0) is 55.9 Å². The molecular formula is C31H43ClN2O10. The van der Waals surface area contributed by atoms with E-state index in [1.54, 1.807) is 13.0 Å². The van der Waals surface area contributed by atoms with Crippen molar-refractivity contribution < 1.29 is 44.1 Å². The lowest BCUT2D eigenvalue weighted by atomic mass is 9.46. The van der Waals surface area contributed by atoms with Gasteiger partial charge < -0.3 is 25.1 Å². The number of alkyl halides is 1. The molecule has 2 fully saturated rings. The minimum absolute atomic E-state index is 0.00995. The van der Waals surface area contributed by atoms with Crippen LogP contribution in [-0.2, 0) is 28.8 Å². The van der Waals surface area contributed by atoms with E-state index < -0.39 is 56.8 Å². The Balaban J connectivity index is 1.32. The number of halogens is 1. The summed E-state index contributed by atoms with van der Waals surface area (Å²) in [4.78, 5) is 63.3. The molecule has 0 aromatic rings. The summed E-state index contributed by atoms with van der Waals surface area (Å²) in [6, 6.07) is 0. The molecule has 0 bridgehead atoms. The van der Waals surface area contributed by atoms with Crippen LogP contribution in [0.3, 0.4) is 0 Å². The van der Waals surface area contributed by atoms with Crippen molar-refractivity contribution in [2.45, 2.75) is 95.1 Å². The van der Waals surface area contributed by atoms with Crippen molar-refractivity contribution in [3.63, 3.8) is 0 Å². The first-order valence-electron chi connectivity index (χ1n) is 15.3. The van der Waals surface area contributed by atoms with Crippen LogP contribution in [0.2, 0.25) is 0 Å². The van der Waals surface area contributed by atoms with Gasteiger partial charge in [-0.15, -0.1) is 21.7 Å². The number of carbonyl (C=O) groups is 4. The minimum atomic E-state index is -1.86. The van der Waals surface area contributed by atoms with Crippen LogP contribution in [0.1, 0.15) is 78.6 Å². The lowest BCUT2D eigenvalue weighted by Crippen LogP contribution is -2.68. The number of fused-ring (bicyclic) bond motifs is 5. The Hall–Kier alpha value is -2.83. The second-order valence-corrected chi connectivity index (χ2v) is 13.8. The summed E-state index contributed by atoms with van der Waals surface area (Å²) in [7, 11) is 0. The number of amides is 1. The fraction of sp³-hybridized carbons (Fsp3) is 0.742. The smallest absolute Gasteiger partial charge is 0.308 e. The average molecular weight is 639 g/mol. The molecule has 0 heterocycles. The number of aliphatic hydroxyl groups excluding tert-OH is 1. The fourth-order valence-electron chi connectivity index (χ4n) is 8.47. The van der Waals surface area contributed by atoms with Gasteiger partial charge in [0.05, 0.1) is 24.0 Å². The molecule has 44 heavy (non-hydrogen) atoms. The Morgan fingerprint density at radius 2 is 1.91 bits per heavy atom. The van der Waals surface area contributed by atoms with E-state index in [9.17, 15) is 39.5 Å². The molecule has 4 aliphatic rings. The largest absolute Gasteiger partial charge is 0.457 e. The maximum Gasteiger partial charge on any atom is 0.308 e. The van der Waals surface area contributed by atoms with Gasteiger partial charge in [0.2, 0.25) is 11.7 Å². The topological polar surface area (TPSA) is 182 Å². The summed E-state index contributed by atoms with van der Waals surface area (Å²) in [5.41, 5.74) is -2.75. The predicted octanol–water partition coefficient (Wildman–Crippen LogP) is 2.99. The highest BCUT2D eigenvalue weighted by Crippen LogP contribution is 2.70. The highest BCUT2D eigenvalue weighted by atomic mass is 35.5. The van der Waals surface area contributed by atoms with Crippen LogP contribution in [-0.4, -0.2) is 75.1 Å². The van der Waals surface area contributed by atoms with Gasteiger partial charge in [-0.1, -0.05) is 44.9 Å². The zero-order valence-electron chi connectivity index (χ0n) is 25.5. The summed E-state index contributed by atoms with van der Waals surface area (Å²) in [6.45, 7) is 4.90. The molecule has 3 N–H and O–H groups in total. The highest BCUT2D eigenvalue weighted by Gasteiger charge is 2.74. The zero-order chi connectivity index (χ0) is 32.5. The van der Waals surface area contributed by atoms with Gasteiger partial charge in [0.15, 0.2) is 12.4 Å². The molecule has 244 valence electrons. The number of Topliss-reactive ketones (excluding diaryl/α,β-unsaturated/α-hetero) is 1. The van der Waals surface area contributed by atoms with Crippen LogP contribution in [0.5, 0.6) is 0 Å². The lowest BCUT2D eigenvalue weighted by Gasteiger charge is -2.63. The maximum absolute atomic E-state index is 13.6. The van der Waals surface area contributed by atoms with E-state index in [0.29, 0.717) is 32.1 Å². The van der Waals surface area contributed by atoms with E-state index >= 15 is 0 Å². The molecule has 4 rings (SSSR count). The molecule has 0 radical (unpaired) electrons. The van der Waals surface area contributed by atoms with E-state index in [1.807, 2.05) is 19.9 Å². The second kappa shape index (κ2) is 12.9. The van der Waals surface area contributed by atoms with Crippen molar-refractivity contribution in [1.82, 2.24) is 5.32 Å². The first kappa shape index (κ1) is 34.1. The Bertz CT molecular complexity index is 1250. The quantitative estimate of drug-likeness (QED) is 0.0677. The van der Waals surface area contributed by atoms with E-state index in [4.69, 9.17) is 16.3 Å². The van der Waals surface area contributed by atoms with Crippen molar-refractivity contribution >= 4 is 35.0 Å². The summed E-state index contributed by atoms with van der Waals surface area (Å²) < 4.78 is 5.22. The highest BCUT2D eigenvalue weighted by molar-refractivity contribution is 6.26. The van der Waals surface area contributed by atoms with Crippen molar-refractivity contribution in [2.24, 2.45) is 28.6 Å². The Kier molecular flexibility index (Phi) is 9.97. The molecule has 4 aliphatic carbocycles. The van der Waals surface area contributed by atoms with Crippen molar-refractivity contribution in [3.05, 3.63) is 33.9 Å². The minimum Gasteiger partial charge on any atom is -0.457 e. The number of carbonyl (C=O) groups excluding carboxylic acids is 4. The monoisotopic (exact) mass is 638 g/mol. The molecule has 0 aromatic carbocycles. The van der Waals surface area contributed by atoms with Gasteiger partial charge >= 0.3 is 5.97 Å². The number of ketones is 2. The standard InChI is InChI=1S/C31H43ClN2O10/c1-19-15-23-22-9-8-20-16-21(35)10-12-28(20,2)30(22,32)24(36)17-29(23,3)31(19,40)25(37)18-43-27(39)11-13-33-26(38)7-5-4-6-14-44-34(41)42/h8,10,12,19,22-24,36,40H,4-7,9,11,13-18H2,1-3H3,(H,33,38)/t19-,22-,23-,24-,28-,29-,30-,31?/m0/s1. The third-order valence-corrected chi connectivity index (χ3v) is 11.8. The van der Waals surface area contributed by atoms with E-state index in [2.05, 4.69) is 10.2 Å². The SMILES string of the molecule is C[C@H]1C[C@H]2[C@@H]3CC=C4CC(=O)C=C[C@]4(C)[C@@]3(Cl)[C@@H](O)C[C@]2(C)C1(O)C(=O)COC(=O)CCNC(=O)CCCCCO[N+](=O)[O-]. The Labute approximate surface area is 261 Å². The number of unbranched alkanes of at least 4 members (excludes halogenated alkanes) is 2. The Morgan fingerprint density at radius 3 is 2.61 bits per heavy atom. The number of esters is 1. The number of ether oxygens (including phenoxy) is 1. The van der Waals surface area contributed by atoms with Gasteiger partial charge in [-0.2, -0.15) is 0 Å². The predicted molar refractivity (Wildman–Crippen MR) is 158 cm³/mol. The number of aliphatic hydroxyl groups is 2. The zero-order valence-corrected chi connectivity index (χ0v) is 26.3. The van der Waals surface area contributed by atoms with Crippen molar-refractivity contribution in [2.75, 3.05) is 19.8 Å². The summed E-state index contributed by atoms with van der Waals surface area (Å²) >= 11 is 7.42. The first-order chi connectivity index (χ1) is 20.6. The molecule has 0 saturated heterocycles. The van der Waals surface area contributed by atoms with E-state index in [-0.39, 0.29) is 62.4 Å². The molecule has 0 aliphatic heterocycles. The van der Waals surface area contributed by atoms with Gasteiger partial charge in [-0.3, -0.25) is 19.2 Å². The number of rotatable bonds is 13. The molecule has 12 nitrogen and oxygen atoms in total. The number of nitrogens with one attached hydrogen (secondary N) is 1. The molecule has 1 unspecified atom stereocenters. The molecule has 8 atom stereocenters. The third-order valence-electron chi connectivity index (χ3n) is 10.9. The lowest BCUT2D eigenvalue weighted by molar-refractivity contribution is -0.757. The normalized spacial score (nSPS) is 37.2. The molecule has 0 spiro atoms. The summed E-state index contributed by atoms with van der Waals surface area (Å²) in [6.07, 6.45) is 7.17. The molecular weight excluding hydrogens is 596 g/mol. The summed E-state index contributed by atoms with van der Waals surface area (Å²) in [5.74, 6) is -2.59. The molecule has 2 saturated carbocycles. The van der Waals surface area contributed by atoms with Gasteiger partial charge in [0.25, 0.3) is 5.09 Å². The number of nitrogens with zero attached hydrogens (tertiary/aromatic N) is 1. The van der Waals surface area contributed by atoms with Crippen LogP contribution in [0.15, 0.2) is 23.8 Å². The van der Waals surface area contributed by atoms with Crippen LogP contribution in [0.25, 0.3) is 0 Å². The van der Waals surface area contributed by atoms with Crippen LogP contribution < -0.4 is 5.32 Å². The molecule has 1 amide bonds. The van der Waals surface area contributed by atoms with E-state index in [1.165, 1.54) is 6.08 Å². The van der Waals surface area contributed by atoms with Crippen LogP contribution >= 0.6 is 11.6 Å². The van der Waals surface area contributed by atoms with Gasteiger partial charge in [-0.25, -0.2) is 0 Å². The first-order valence-corrected chi connectivity index (χ1v) is 15.7. The fourth-order valence-corrected chi connectivity index (χ4v) is 8.97. The number of hydrogen-bond acceptors (Lipinski definition) is 10. The van der Waals surface area contributed by atoms with Crippen LogP contribution in [0.4, 0.5) is 0 Å². The maximum atomic E-state index is 13.6. The number of hydrogen-bond donors (Lipinski definition) is 3. The Morgan fingerprint density at radius 1 is 1.18 bits per heavy atom. The van der Waals surface area contributed by atoms with Gasteiger partial charge in [0.1, 0.15) is 5.60 Å².